The fourth-order valence-electron chi connectivity index (χ4n) is 0.895. The fourth-order valence-corrected chi connectivity index (χ4v) is 0.895. The first-order valence-electron chi connectivity index (χ1n) is 2.77. The van der Waals surface area contributed by atoms with E-state index in [1.54, 1.807) is 0 Å². The standard InChI is InChI=1S/C5H9NO2.Rb.H/c7-5(8)4-2-1-3-6-4;;/h4,6H,1-3H2,(H,7,8);;. The second kappa shape index (κ2) is 4.96. The molecular formula is C5H10NO2Rb. The van der Waals surface area contributed by atoms with Crippen molar-refractivity contribution in [2.45, 2.75) is 18.9 Å². The molecule has 1 saturated heterocycles. The third-order valence-electron chi connectivity index (χ3n) is 1.36. The second-order valence-corrected chi connectivity index (χ2v) is 1.99. The Bertz CT molecular complexity index is 101. The SMILES string of the molecule is O=C(O)C1CCCN1.[RbH]. The zero-order valence-corrected chi connectivity index (χ0v) is 4.55. The van der Waals surface area contributed by atoms with Gasteiger partial charge in [-0.05, 0) is 19.4 Å². The molecule has 1 aliphatic heterocycles. The molecule has 1 rings (SSSR count). The molecule has 1 heterocycles. The van der Waals surface area contributed by atoms with E-state index >= 15 is 0 Å². The van der Waals surface area contributed by atoms with Crippen molar-refractivity contribution in [3.05, 3.63) is 0 Å². The van der Waals surface area contributed by atoms with Crippen molar-refractivity contribution < 1.29 is 9.90 Å². The molecule has 0 aromatic heterocycles. The first kappa shape index (κ1) is 10.2. The molecule has 0 aromatic carbocycles. The van der Waals surface area contributed by atoms with Crippen molar-refractivity contribution in [2.75, 3.05) is 6.54 Å². The first-order valence-corrected chi connectivity index (χ1v) is 2.77. The van der Waals surface area contributed by atoms with Crippen molar-refractivity contribution in [3.63, 3.8) is 0 Å². The summed E-state index contributed by atoms with van der Waals surface area (Å²) in [6.45, 7) is 0.858. The van der Waals surface area contributed by atoms with Gasteiger partial charge in [0, 0.05) is 0 Å². The number of nitrogens with one attached hydrogen (secondary N) is 1. The van der Waals surface area contributed by atoms with E-state index in [0.717, 1.165) is 19.4 Å². The second-order valence-electron chi connectivity index (χ2n) is 1.99. The van der Waals surface area contributed by atoms with Gasteiger partial charge in [-0.2, -0.15) is 0 Å². The molecule has 1 atom stereocenters. The van der Waals surface area contributed by atoms with Crippen LogP contribution >= 0.6 is 0 Å². The summed E-state index contributed by atoms with van der Waals surface area (Å²) in [6, 6.07) is -0.269. The van der Waals surface area contributed by atoms with Crippen LogP contribution in [0.2, 0.25) is 0 Å². The van der Waals surface area contributed by atoms with E-state index in [9.17, 15) is 4.79 Å². The van der Waals surface area contributed by atoms with Crippen LogP contribution in [-0.2, 0) is 4.79 Å². The van der Waals surface area contributed by atoms with E-state index in [0.29, 0.717) is 0 Å². The zero-order chi connectivity index (χ0) is 5.98. The predicted molar refractivity (Wildman–Crippen MR) is 35.8 cm³/mol. The van der Waals surface area contributed by atoms with Crippen LogP contribution in [0, 0.1) is 0 Å². The van der Waals surface area contributed by atoms with Gasteiger partial charge in [0.15, 0.2) is 0 Å². The van der Waals surface area contributed by atoms with Crippen molar-refractivity contribution in [2.24, 2.45) is 0 Å². The zero-order valence-electron chi connectivity index (χ0n) is 4.55. The summed E-state index contributed by atoms with van der Waals surface area (Å²) < 4.78 is 0. The number of aliphatic carboxylic acids is 1. The fraction of sp³-hybridized carbons (Fsp3) is 0.800. The molecule has 3 nitrogen and oxygen atoms in total. The molecule has 9 heavy (non-hydrogen) atoms. The van der Waals surface area contributed by atoms with Gasteiger partial charge in [-0.15, -0.1) is 0 Å². The molecule has 4 heteroatoms. The summed E-state index contributed by atoms with van der Waals surface area (Å²) >= 11 is 0. The molecule has 1 fully saturated rings. The van der Waals surface area contributed by atoms with Crippen LogP contribution in [0.25, 0.3) is 0 Å². The van der Waals surface area contributed by atoms with E-state index in [1.807, 2.05) is 0 Å². The number of carboxylic acid groups (broad SMARTS) is 1. The summed E-state index contributed by atoms with van der Waals surface area (Å²) in [6.07, 6.45) is 1.78. The van der Waals surface area contributed by atoms with Crippen molar-refractivity contribution in [1.29, 1.82) is 0 Å². The molecule has 0 aliphatic carbocycles. The van der Waals surface area contributed by atoms with Crippen LogP contribution in [0.15, 0.2) is 0 Å². The molecule has 1 unspecified atom stereocenters. The maximum absolute atomic E-state index is 10.1. The summed E-state index contributed by atoms with van der Waals surface area (Å²) in [4.78, 5) is 10.1. The number of hydrogen-bond acceptors (Lipinski definition) is 2. The molecule has 2 N–H and O–H groups in total. The van der Waals surface area contributed by atoms with Gasteiger partial charge >= 0.3 is 64.2 Å². The summed E-state index contributed by atoms with van der Waals surface area (Å²) in [5.74, 6) is -0.720. The van der Waals surface area contributed by atoms with Gasteiger partial charge in [0.25, 0.3) is 0 Å². The van der Waals surface area contributed by atoms with Crippen LogP contribution < -0.4 is 5.32 Å². The number of carbonyl (C=O) groups is 1. The van der Waals surface area contributed by atoms with Gasteiger partial charge in [-0.25, -0.2) is 0 Å². The third-order valence-corrected chi connectivity index (χ3v) is 1.36. The number of carboxylic acids is 1. The third kappa shape index (κ3) is 3.23. The van der Waals surface area contributed by atoms with Gasteiger partial charge in [0.05, 0.1) is 0 Å². The molecule has 48 valence electrons. The van der Waals surface area contributed by atoms with Crippen molar-refractivity contribution >= 4 is 64.2 Å². The Morgan fingerprint density at radius 1 is 1.67 bits per heavy atom. The normalized spacial score (nSPS) is 25.1. The van der Waals surface area contributed by atoms with Gasteiger partial charge in [-0.1, -0.05) is 0 Å². The van der Waals surface area contributed by atoms with E-state index in [4.69, 9.17) is 5.11 Å². The van der Waals surface area contributed by atoms with Crippen LogP contribution in [0.5, 0.6) is 0 Å². The Morgan fingerprint density at radius 2 is 2.33 bits per heavy atom. The van der Waals surface area contributed by atoms with Gasteiger partial charge in [-0.3, -0.25) is 4.79 Å². The number of rotatable bonds is 1. The molecule has 0 amide bonds. The number of hydrogen-bond donors (Lipinski definition) is 2. The van der Waals surface area contributed by atoms with Gasteiger partial charge in [0.1, 0.15) is 6.04 Å². The Kier molecular flexibility index (Phi) is 5.64. The molecule has 0 radical (unpaired) electrons. The van der Waals surface area contributed by atoms with E-state index in [-0.39, 0.29) is 64.2 Å². The first-order chi connectivity index (χ1) is 3.80. The summed E-state index contributed by atoms with van der Waals surface area (Å²) in [5.41, 5.74) is 0. The molecular weight excluding hydrogens is 192 g/mol. The van der Waals surface area contributed by atoms with E-state index in [2.05, 4.69) is 5.32 Å². The minimum atomic E-state index is -0.720. The molecule has 0 spiro atoms. The quantitative estimate of drug-likeness (QED) is 0.583. The molecule has 0 bridgehead atoms. The molecule has 1 aliphatic rings. The van der Waals surface area contributed by atoms with Crippen molar-refractivity contribution in [3.8, 4) is 0 Å². The van der Waals surface area contributed by atoms with Crippen molar-refractivity contribution in [1.82, 2.24) is 5.32 Å². The van der Waals surface area contributed by atoms with E-state index < -0.39 is 5.97 Å². The van der Waals surface area contributed by atoms with Gasteiger partial charge < -0.3 is 10.4 Å². The average molecular weight is 202 g/mol. The summed E-state index contributed by atoms with van der Waals surface area (Å²) in [5, 5.41) is 11.2. The average Bonchev–Trinajstić information content (AvgIpc) is 2.12. The minimum absolute atomic E-state index is 0. The predicted octanol–water partition coefficient (Wildman–Crippen LogP) is -0.826. The van der Waals surface area contributed by atoms with Crippen LogP contribution in [0.1, 0.15) is 12.8 Å². The van der Waals surface area contributed by atoms with E-state index in [1.165, 1.54) is 0 Å². The Labute approximate surface area is 103 Å². The van der Waals surface area contributed by atoms with Crippen LogP contribution in [0.4, 0.5) is 0 Å². The molecule has 0 saturated carbocycles. The Balaban J connectivity index is 0.000000640. The van der Waals surface area contributed by atoms with Crippen LogP contribution in [0.3, 0.4) is 0 Å². The summed E-state index contributed by atoms with van der Waals surface area (Å²) in [7, 11) is 0. The monoisotopic (exact) mass is 201 g/mol. The Morgan fingerprint density at radius 3 is 2.56 bits per heavy atom. The maximum atomic E-state index is 10.1. The topological polar surface area (TPSA) is 49.3 Å². The molecule has 0 aromatic rings. The van der Waals surface area contributed by atoms with Crippen LogP contribution in [-0.4, -0.2) is 81.8 Å². The Hall–Kier alpha value is 1.24. The van der Waals surface area contributed by atoms with Gasteiger partial charge in [0.2, 0.25) is 0 Å².